The summed E-state index contributed by atoms with van der Waals surface area (Å²) in [6.07, 6.45) is 2.71. The van der Waals surface area contributed by atoms with Gasteiger partial charge in [-0.15, -0.1) is 0 Å². The van der Waals surface area contributed by atoms with Crippen molar-refractivity contribution in [2.75, 3.05) is 24.3 Å². The van der Waals surface area contributed by atoms with Crippen molar-refractivity contribution < 1.29 is 0 Å². The molecule has 2 aromatic rings. The van der Waals surface area contributed by atoms with Crippen LogP contribution in [-0.4, -0.2) is 14.1 Å². The predicted octanol–water partition coefficient (Wildman–Crippen LogP) is 4.24. The Bertz CT molecular complexity index is 585. The van der Waals surface area contributed by atoms with Crippen molar-refractivity contribution in [1.29, 1.82) is 0 Å². The first-order chi connectivity index (χ1) is 9.74. The Morgan fingerprint density at radius 2 is 1.85 bits per heavy atom. The summed E-state index contributed by atoms with van der Waals surface area (Å²) in [5.41, 5.74) is 5.38. The van der Waals surface area contributed by atoms with Crippen LogP contribution < -0.4 is 10.2 Å². The zero-order chi connectivity index (χ0) is 13.9. The molecule has 0 saturated heterocycles. The fourth-order valence-electron chi connectivity index (χ4n) is 2.58. The maximum Gasteiger partial charge on any atom is 0.0403 e. The number of nitrogens with zero attached hydrogens (tertiary/aromatic N) is 1. The second-order valence-electron chi connectivity index (χ2n) is 5.77. The molecular weight excluding hydrogens is 244 g/mol. The lowest BCUT2D eigenvalue weighted by Crippen LogP contribution is -2.09. The average molecular weight is 266 g/mol. The second kappa shape index (κ2) is 5.58. The van der Waals surface area contributed by atoms with Gasteiger partial charge in [0.2, 0.25) is 0 Å². The van der Waals surface area contributed by atoms with Gasteiger partial charge in [-0.1, -0.05) is 30.3 Å². The highest BCUT2D eigenvalue weighted by atomic mass is 15.1. The minimum atomic E-state index is 0.807. The van der Waals surface area contributed by atoms with Crippen LogP contribution in [-0.2, 0) is 6.54 Å². The number of hydrogen-bond acceptors (Lipinski definition) is 2. The first-order valence-corrected chi connectivity index (χ1v) is 7.33. The molecule has 0 atom stereocenters. The number of hydrogen-bond donors (Lipinski definition) is 1. The molecule has 1 aliphatic rings. The van der Waals surface area contributed by atoms with Crippen molar-refractivity contribution in [2.45, 2.75) is 25.3 Å². The van der Waals surface area contributed by atoms with Crippen LogP contribution in [0, 0.1) is 0 Å². The van der Waals surface area contributed by atoms with E-state index < -0.39 is 0 Å². The predicted molar refractivity (Wildman–Crippen MR) is 86.5 cm³/mol. The van der Waals surface area contributed by atoms with Crippen LogP contribution in [0.5, 0.6) is 0 Å². The van der Waals surface area contributed by atoms with Gasteiger partial charge >= 0.3 is 0 Å². The van der Waals surface area contributed by atoms with Crippen LogP contribution in [0.1, 0.15) is 29.9 Å². The molecule has 0 radical (unpaired) electrons. The molecule has 20 heavy (non-hydrogen) atoms. The molecular formula is C18H22N2. The van der Waals surface area contributed by atoms with E-state index in [1.165, 1.54) is 35.3 Å². The maximum atomic E-state index is 3.55. The molecule has 2 heteroatoms. The molecule has 0 bridgehead atoms. The minimum absolute atomic E-state index is 0.807. The molecule has 3 rings (SSSR count). The van der Waals surface area contributed by atoms with Gasteiger partial charge in [-0.2, -0.15) is 0 Å². The standard InChI is InChI=1S/C18H22N2/c1-20(2)17-8-5-7-16(12-17)19-13-15-6-3-4-9-18(15)14-10-11-14/h3-9,12,14,19H,10-11,13H2,1-2H3. The molecule has 0 aliphatic heterocycles. The van der Waals surface area contributed by atoms with E-state index in [0.717, 1.165) is 12.5 Å². The van der Waals surface area contributed by atoms with Crippen molar-refractivity contribution in [1.82, 2.24) is 0 Å². The fourth-order valence-corrected chi connectivity index (χ4v) is 2.58. The van der Waals surface area contributed by atoms with Gasteiger partial charge in [-0.3, -0.25) is 0 Å². The maximum absolute atomic E-state index is 3.55. The van der Waals surface area contributed by atoms with Gasteiger partial charge in [-0.25, -0.2) is 0 Å². The summed E-state index contributed by atoms with van der Waals surface area (Å²) >= 11 is 0. The van der Waals surface area contributed by atoms with E-state index in [1.54, 1.807) is 0 Å². The third-order valence-corrected chi connectivity index (χ3v) is 3.92. The van der Waals surface area contributed by atoms with E-state index >= 15 is 0 Å². The molecule has 0 heterocycles. The van der Waals surface area contributed by atoms with E-state index in [2.05, 4.69) is 72.8 Å². The minimum Gasteiger partial charge on any atom is -0.381 e. The monoisotopic (exact) mass is 266 g/mol. The van der Waals surface area contributed by atoms with E-state index in [1.807, 2.05) is 0 Å². The van der Waals surface area contributed by atoms with E-state index in [-0.39, 0.29) is 0 Å². The van der Waals surface area contributed by atoms with Crippen LogP contribution in [0.3, 0.4) is 0 Å². The number of benzene rings is 2. The molecule has 2 aromatic carbocycles. The number of anilines is 2. The Morgan fingerprint density at radius 1 is 1.05 bits per heavy atom. The van der Waals surface area contributed by atoms with Crippen LogP contribution in [0.25, 0.3) is 0 Å². The second-order valence-corrected chi connectivity index (χ2v) is 5.77. The lowest BCUT2D eigenvalue weighted by Gasteiger charge is -2.15. The third kappa shape index (κ3) is 2.96. The molecule has 1 aliphatic carbocycles. The van der Waals surface area contributed by atoms with Crippen molar-refractivity contribution in [3.63, 3.8) is 0 Å². The summed E-state index contributed by atoms with van der Waals surface area (Å²) in [5, 5.41) is 3.55. The van der Waals surface area contributed by atoms with Gasteiger partial charge in [0, 0.05) is 32.0 Å². The van der Waals surface area contributed by atoms with Crippen molar-refractivity contribution in [2.24, 2.45) is 0 Å². The lowest BCUT2D eigenvalue weighted by molar-refractivity contribution is 1.03. The molecule has 0 spiro atoms. The third-order valence-electron chi connectivity index (χ3n) is 3.92. The highest BCUT2D eigenvalue weighted by Gasteiger charge is 2.25. The van der Waals surface area contributed by atoms with E-state index in [0.29, 0.717) is 0 Å². The molecule has 0 amide bonds. The Morgan fingerprint density at radius 3 is 2.60 bits per heavy atom. The Kier molecular flexibility index (Phi) is 3.64. The summed E-state index contributed by atoms with van der Waals surface area (Å²) in [5.74, 6) is 0.807. The highest BCUT2D eigenvalue weighted by Crippen LogP contribution is 2.41. The van der Waals surface area contributed by atoms with E-state index in [4.69, 9.17) is 0 Å². The van der Waals surface area contributed by atoms with Gasteiger partial charge in [0.15, 0.2) is 0 Å². The summed E-state index contributed by atoms with van der Waals surface area (Å²) in [6.45, 7) is 0.906. The molecule has 1 N–H and O–H groups in total. The average Bonchev–Trinajstić information content (AvgIpc) is 3.30. The first kappa shape index (κ1) is 13.0. The SMILES string of the molecule is CN(C)c1cccc(NCc2ccccc2C2CC2)c1. The lowest BCUT2D eigenvalue weighted by atomic mass is 10.0. The summed E-state index contributed by atoms with van der Waals surface area (Å²) in [7, 11) is 4.14. The van der Waals surface area contributed by atoms with Gasteiger partial charge in [-0.05, 0) is 48.1 Å². The van der Waals surface area contributed by atoms with Crippen molar-refractivity contribution in [3.8, 4) is 0 Å². The quantitative estimate of drug-likeness (QED) is 0.870. The summed E-state index contributed by atoms with van der Waals surface area (Å²) in [6, 6.07) is 17.4. The first-order valence-electron chi connectivity index (χ1n) is 7.33. The molecule has 2 nitrogen and oxygen atoms in total. The Hall–Kier alpha value is -1.96. The van der Waals surface area contributed by atoms with Crippen LogP contribution in [0.2, 0.25) is 0 Å². The molecule has 0 aromatic heterocycles. The van der Waals surface area contributed by atoms with Gasteiger partial charge < -0.3 is 10.2 Å². The Labute approximate surface area is 121 Å². The smallest absolute Gasteiger partial charge is 0.0403 e. The fraction of sp³-hybridized carbons (Fsp3) is 0.333. The normalized spacial score (nSPS) is 14.1. The topological polar surface area (TPSA) is 15.3 Å². The zero-order valence-corrected chi connectivity index (χ0v) is 12.3. The van der Waals surface area contributed by atoms with Gasteiger partial charge in [0.1, 0.15) is 0 Å². The van der Waals surface area contributed by atoms with Gasteiger partial charge in [0.25, 0.3) is 0 Å². The summed E-state index contributed by atoms with van der Waals surface area (Å²) in [4.78, 5) is 2.13. The highest BCUT2D eigenvalue weighted by molar-refractivity contribution is 5.57. The Balaban J connectivity index is 1.72. The van der Waals surface area contributed by atoms with Crippen molar-refractivity contribution in [3.05, 3.63) is 59.7 Å². The number of rotatable bonds is 5. The van der Waals surface area contributed by atoms with Crippen LogP contribution in [0.4, 0.5) is 11.4 Å². The van der Waals surface area contributed by atoms with E-state index in [9.17, 15) is 0 Å². The van der Waals surface area contributed by atoms with Crippen molar-refractivity contribution >= 4 is 11.4 Å². The van der Waals surface area contributed by atoms with Crippen LogP contribution in [0.15, 0.2) is 48.5 Å². The van der Waals surface area contributed by atoms with Gasteiger partial charge in [0.05, 0.1) is 0 Å². The zero-order valence-electron chi connectivity index (χ0n) is 12.3. The molecule has 104 valence electrons. The summed E-state index contributed by atoms with van der Waals surface area (Å²) < 4.78 is 0. The largest absolute Gasteiger partial charge is 0.381 e. The molecule has 1 fully saturated rings. The molecule has 1 saturated carbocycles. The molecule has 0 unspecified atom stereocenters. The number of nitrogens with one attached hydrogen (secondary N) is 1. The van der Waals surface area contributed by atoms with Crippen LogP contribution >= 0.6 is 0 Å².